The van der Waals surface area contributed by atoms with E-state index in [2.05, 4.69) is 18.3 Å². The highest BCUT2D eigenvalue weighted by Crippen LogP contribution is 2.13. The van der Waals surface area contributed by atoms with Crippen molar-refractivity contribution in [3.63, 3.8) is 0 Å². The minimum absolute atomic E-state index is 0.374. The summed E-state index contributed by atoms with van der Waals surface area (Å²) in [5.41, 5.74) is 7.68. The van der Waals surface area contributed by atoms with Gasteiger partial charge in [-0.2, -0.15) is 0 Å². The number of benzene rings is 1. The van der Waals surface area contributed by atoms with E-state index in [4.69, 9.17) is 5.73 Å². The number of anilines is 1. The van der Waals surface area contributed by atoms with Crippen molar-refractivity contribution < 1.29 is 0 Å². The van der Waals surface area contributed by atoms with Gasteiger partial charge >= 0.3 is 0 Å². The first-order chi connectivity index (χ1) is 5.24. The van der Waals surface area contributed by atoms with E-state index in [1.54, 1.807) is 0 Å². The van der Waals surface area contributed by atoms with Crippen molar-refractivity contribution in [1.82, 2.24) is 5.32 Å². The number of nitrogens with one attached hydrogen (secondary N) is 1. The van der Waals surface area contributed by atoms with Crippen LogP contribution in [-0.4, -0.2) is 7.05 Å². The van der Waals surface area contributed by atoms with Gasteiger partial charge in [-0.15, -0.1) is 0 Å². The molecule has 11 heavy (non-hydrogen) atoms. The highest BCUT2D eigenvalue weighted by Gasteiger charge is 2.00. The summed E-state index contributed by atoms with van der Waals surface area (Å²) in [6.07, 6.45) is 0. The average Bonchev–Trinajstić information content (AvgIpc) is 2.03. The quantitative estimate of drug-likeness (QED) is 0.628. The standard InChI is InChI=1S/C9H14N2/c1-7(11-2)8-4-3-5-9(10)6-8/h3-7,11H,10H2,1-2H3/t7-/m1/s1. The SMILES string of the molecule is CN[C@H](C)c1cccc(N)c1. The molecule has 0 unspecified atom stereocenters. The van der Waals surface area contributed by atoms with Gasteiger partial charge in [-0.05, 0) is 31.7 Å². The molecule has 1 rings (SSSR count). The van der Waals surface area contributed by atoms with Gasteiger partial charge in [0.2, 0.25) is 0 Å². The summed E-state index contributed by atoms with van der Waals surface area (Å²) in [7, 11) is 1.94. The Morgan fingerprint density at radius 1 is 1.45 bits per heavy atom. The molecule has 0 bridgehead atoms. The number of nitrogens with two attached hydrogens (primary N) is 1. The van der Waals surface area contributed by atoms with E-state index in [0.717, 1.165) is 5.69 Å². The summed E-state index contributed by atoms with van der Waals surface area (Å²) in [5.74, 6) is 0. The Bertz CT molecular complexity index is 233. The molecule has 0 aliphatic rings. The summed E-state index contributed by atoms with van der Waals surface area (Å²) in [6, 6.07) is 8.29. The van der Waals surface area contributed by atoms with Gasteiger partial charge in [0.25, 0.3) is 0 Å². The van der Waals surface area contributed by atoms with Crippen LogP contribution in [0.15, 0.2) is 24.3 Å². The van der Waals surface area contributed by atoms with Crippen LogP contribution >= 0.6 is 0 Å². The predicted molar refractivity (Wildman–Crippen MR) is 48.3 cm³/mol. The molecule has 2 heteroatoms. The fourth-order valence-electron chi connectivity index (χ4n) is 0.995. The van der Waals surface area contributed by atoms with Gasteiger partial charge in [-0.3, -0.25) is 0 Å². The molecule has 0 fully saturated rings. The molecule has 0 spiro atoms. The zero-order valence-corrected chi connectivity index (χ0v) is 6.96. The Labute approximate surface area is 67.4 Å². The maximum absolute atomic E-state index is 5.62. The Kier molecular flexibility index (Phi) is 2.49. The third kappa shape index (κ3) is 1.95. The van der Waals surface area contributed by atoms with E-state index in [9.17, 15) is 0 Å². The molecule has 0 saturated heterocycles. The van der Waals surface area contributed by atoms with Gasteiger partial charge in [-0.25, -0.2) is 0 Å². The lowest BCUT2D eigenvalue weighted by molar-refractivity contribution is 0.652. The summed E-state index contributed by atoms with van der Waals surface area (Å²) < 4.78 is 0. The van der Waals surface area contributed by atoms with Crippen LogP contribution in [0.25, 0.3) is 0 Å². The third-order valence-corrected chi connectivity index (χ3v) is 1.84. The number of hydrogen-bond acceptors (Lipinski definition) is 2. The van der Waals surface area contributed by atoms with Gasteiger partial charge in [0, 0.05) is 11.7 Å². The Morgan fingerprint density at radius 2 is 2.18 bits per heavy atom. The maximum atomic E-state index is 5.62. The normalized spacial score (nSPS) is 12.9. The van der Waals surface area contributed by atoms with Crippen molar-refractivity contribution in [3.05, 3.63) is 29.8 Å². The number of rotatable bonds is 2. The molecule has 0 radical (unpaired) electrons. The Balaban J connectivity index is 2.86. The average molecular weight is 150 g/mol. The van der Waals surface area contributed by atoms with E-state index in [1.165, 1.54) is 5.56 Å². The molecule has 2 nitrogen and oxygen atoms in total. The monoisotopic (exact) mass is 150 g/mol. The van der Waals surface area contributed by atoms with Gasteiger partial charge in [0.1, 0.15) is 0 Å². The van der Waals surface area contributed by atoms with Crippen molar-refractivity contribution in [3.8, 4) is 0 Å². The molecule has 0 aliphatic heterocycles. The van der Waals surface area contributed by atoms with Gasteiger partial charge in [0.15, 0.2) is 0 Å². The van der Waals surface area contributed by atoms with E-state index < -0.39 is 0 Å². The molecular weight excluding hydrogens is 136 g/mol. The molecule has 3 N–H and O–H groups in total. The predicted octanol–water partition coefficient (Wildman–Crippen LogP) is 1.55. The number of hydrogen-bond donors (Lipinski definition) is 2. The minimum atomic E-state index is 0.374. The van der Waals surface area contributed by atoms with Gasteiger partial charge < -0.3 is 11.1 Å². The molecule has 0 aliphatic carbocycles. The fraction of sp³-hybridized carbons (Fsp3) is 0.333. The molecule has 0 saturated carbocycles. The smallest absolute Gasteiger partial charge is 0.0317 e. The lowest BCUT2D eigenvalue weighted by Gasteiger charge is -2.10. The van der Waals surface area contributed by atoms with Crippen LogP contribution in [0.4, 0.5) is 5.69 Å². The summed E-state index contributed by atoms with van der Waals surface area (Å²) in [6.45, 7) is 2.11. The van der Waals surface area contributed by atoms with E-state index >= 15 is 0 Å². The van der Waals surface area contributed by atoms with Crippen LogP contribution in [0, 0.1) is 0 Å². The first-order valence-corrected chi connectivity index (χ1v) is 3.76. The summed E-state index contributed by atoms with van der Waals surface area (Å²) >= 11 is 0. The molecule has 60 valence electrons. The van der Waals surface area contributed by atoms with Gasteiger partial charge in [-0.1, -0.05) is 12.1 Å². The van der Waals surface area contributed by atoms with Crippen molar-refractivity contribution in [2.75, 3.05) is 12.8 Å². The second-order valence-electron chi connectivity index (χ2n) is 2.68. The lowest BCUT2D eigenvalue weighted by atomic mass is 10.1. The topological polar surface area (TPSA) is 38.0 Å². The van der Waals surface area contributed by atoms with Crippen molar-refractivity contribution >= 4 is 5.69 Å². The molecule has 1 aromatic rings. The Morgan fingerprint density at radius 3 is 2.73 bits per heavy atom. The van der Waals surface area contributed by atoms with Crippen molar-refractivity contribution in [1.29, 1.82) is 0 Å². The molecular formula is C9H14N2. The third-order valence-electron chi connectivity index (χ3n) is 1.84. The molecule has 0 heterocycles. The van der Waals surface area contributed by atoms with Crippen molar-refractivity contribution in [2.45, 2.75) is 13.0 Å². The first kappa shape index (κ1) is 8.08. The van der Waals surface area contributed by atoms with Crippen LogP contribution in [0.1, 0.15) is 18.5 Å². The zero-order chi connectivity index (χ0) is 8.27. The first-order valence-electron chi connectivity index (χ1n) is 3.76. The molecule has 0 aromatic heterocycles. The molecule has 1 aromatic carbocycles. The second kappa shape index (κ2) is 3.39. The van der Waals surface area contributed by atoms with Crippen LogP contribution < -0.4 is 11.1 Å². The van der Waals surface area contributed by atoms with E-state index in [0.29, 0.717) is 6.04 Å². The maximum Gasteiger partial charge on any atom is 0.0317 e. The fourth-order valence-corrected chi connectivity index (χ4v) is 0.995. The second-order valence-corrected chi connectivity index (χ2v) is 2.68. The Hall–Kier alpha value is -1.02. The van der Waals surface area contributed by atoms with Crippen LogP contribution in [0.3, 0.4) is 0 Å². The van der Waals surface area contributed by atoms with E-state index in [1.807, 2.05) is 25.2 Å². The highest BCUT2D eigenvalue weighted by molar-refractivity contribution is 5.41. The minimum Gasteiger partial charge on any atom is -0.399 e. The largest absolute Gasteiger partial charge is 0.399 e. The number of nitrogen functional groups attached to an aromatic ring is 1. The van der Waals surface area contributed by atoms with E-state index in [-0.39, 0.29) is 0 Å². The zero-order valence-electron chi connectivity index (χ0n) is 6.96. The van der Waals surface area contributed by atoms with Crippen LogP contribution in [0.5, 0.6) is 0 Å². The van der Waals surface area contributed by atoms with Crippen molar-refractivity contribution in [2.24, 2.45) is 0 Å². The lowest BCUT2D eigenvalue weighted by Crippen LogP contribution is -2.12. The van der Waals surface area contributed by atoms with Gasteiger partial charge in [0.05, 0.1) is 0 Å². The molecule has 1 atom stereocenters. The van der Waals surface area contributed by atoms with Crippen LogP contribution in [0.2, 0.25) is 0 Å². The molecule has 0 amide bonds. The highest BCUT2D eigenvalue weighted by atomic mass is 14.8. The van der Waals surface area contributed by atoms with Crippen LogP contribution in [-0.2, 0) is 0 Å². The summed E-state index contributed by atoms with van der Waals surface area (Å²) in [4.78, 5) is 0. The summed E-state index contributed by atoms with van der Waals surface area (Å²) in [5, 5.41) is 3.15.